The summed E-state index contributed by atoms with van der Waals surface area (Å²) in [5.41, 5.74) is -0.330. The molecule has 2 heterocycles. The molecule has 1 saturated heterocycles. The molecule has 2 rings (SSSR count). The van der Waals surface area contributed by atoms with Gasteiger partial charge in [-0.1, -0.05) is 0 Å². The van der Waals surface area contributed by atoms with Crippen LogP contribution in [0.4, 0.5) is 8.78 Å². The van der Waals surface area contributed by atoms with Crippen molar-refractivity contribution < 1.29 is 18.3 Å². The third kappa shape index (κ3) is 2.76. The highest BCUT2D eigenvalue weighted by atomic mass is 19.2. The predicted octanol–water partition coefficient (Wildman–Crippen LogP) is 1.27. The number of rotatable bonds is 2. The van der Waals surface area contributed by atoms with E-state index in [1.807, 2.05) is 0 Å². The van der Waals surface area contributed by atoms with Gasteiger partial charge in [0.25, 0.3) is 5.91 Å². The maximum absolute atomic E-state index is 13.3. The zero-order valence-electron chi connectivity index (χ0n) is 9.08. The maximum atomic E-state index is 13.3. The van der Waals surface area contributed by atoms with E-state index >= 15 is 0 Å². The van der Waals surface area contributed by atoms with Gasteiger partial charge in [0.05, 0.1) is 18.2 Å². The number of nitrogens with one attached hydrogen (secondary N) is 1. The molecular weight excluding hydrogens is 230 g/mol. The molecule has 1 N–H and O–H groups in total. The minimum Gasteiger partial charge on any atom is -0.379 e. The van der Waals surface area contributed by atoms with Gasteiger partial charge in [-0.25, -0.2) is 9.37 Å². The Morgan fingerprint density at radius 3 is 3.06 bits per heavy atom. The van der Waals surface area contributed by atoms with E-state index < -0.39 is 17.7 Å². The zero-order valence-corrected chi connectivity index (χ0v) is 9.08. The van der Waals surface area contributed by atoms with Crippen LogP contribution >= 0.6 is 0 Å². The van der Waals surface area contributed by atoms with Gasteiger partial charge in [-0.3, -0.25) is 4.79 Å². The Morgan fingerprint density at radius 1 is 1.53 bits per heavy atom. The number of hydrogen-bond acceptors (Lipinski definition) is 3. The summed E-state index contributed by atoms with van der Waals surface area (Å²) in [6, 6.07) is 1.00. The van der Waals surface area contributed by atoms with Crippen LogP contribution in [-0.4, -0.2) is 30.1 Å². The summed E-state index contributed by atoms with van der Waals surface area (Å²) in [6.45, 7) is 1.07. The Labute approximate surface area is 97.0 Å². The Hall–Kier alpha value is -1.56. The number of pyridine rings is 1. The fraction of sp³-hybridized carbons (Fsp3) is 0.455. The number of carbonyl (C=O) groups is 1. The Kier molecular flexibility index (Phi) is 3.63. The van der Waals surface area contributed by atoms with Crippen molar-refractivity contribution in [3.63, 3.8) is 0 Å². The summed E-state index contributed by atoms with van der Waals surface area (Å²) in [5, 5.41) is 2.60. The Balaban J connectivity index is 2.06. The van der Waals surface area contributed by atoms with Crippen molar-refractivity contribution in [2.24, 2.45) is 0 Å². The van der Waals surface area contributed by atoms with Crippen molar-refractivity contribution >= 4 is 5.91 Å². The minimum atomic E-state index is -1.27. The summed E-state index contributed by atoms with van der Waals surface area (Å²) in [6.07, 6.45) is 2.68. The molecule has 1 unspecified atom stereocenters. The van der Waals surface area contributed by atoms with Crippen LogP contribution in [0.2, 0.25) is 0 Å². The summed E-state index contributed by atoms with van der Waals surface area (Å²) < 4.78 is 31.3. The standard InChI is InChI=1S/C11H12F2N2O2/c12-9-8(3-4-14-10(9)13)11(16)15-7-2-1-5-17-6-7/h3-4,7H,1-2,5-6H2,(H,15,16). The molecule has 0 radical (unpaired) electrons. The van der Waals surface area contributed by atoms with Crippen LogP contribution in [0.3, 0.4) is 0 Å². The number of nitrogens with zero attached hydrogens (tertiary/aromatic N) is 1. The van der Waals surface area contributed by atoms with Crippen molar-refractivity contribution in [3.05, 3.63) is 29.6 Å². The van der Waals surface area contributed by atoms with Gasteiger partial charge in [0, 0.05) is 12.8 Å². The lowest BCUT2D eigenvalue weighted by molar-refractivity contribution is 0.0622. The molecule has 1 aromatic rings. The van der Waals surface area contributed by atoms with E-state index in [4.69, 9.17) is 4.74 Å². The number of carbonyl (C=O) groups excluding carboxylic acids is 1. The van der Waals surface area contributed by atoms with Gasteiger partial charge in [0.15, 0.2) is 5.82 Å². The lowest BCUT2D eigenvalue weighted by atomic mass is 10.1. The molecule has 1 fully saturated rings. The lowest BCUT2D eigenvalue weighted by Crippen LogP contribution is -2.41. The normalized spacial score (nSPS) is 20.0. The first-order valence-corrected chi connectivity index (χ1v) is 5.37. The third-order valence-electron chi connectivity index (χ3n) is 2.59. The van der Waals surface area contributed by atoms with Crippen LogP contribution in [0, 0.1) is 11.8 Å². The van der Waals surface area contributed by atoms with Gasteiger partial charge in [-0.2, -0.15) is 4.39 Å². The molecule has 0 spiro atoms. The smallest absolute Gasteiger partial charge is 0.254 e. The summed E-state index contributed by atoms with van der Waals surface area (Å²) >= 11 is 0. The molecule has 1 aromatic heterocycles. The van der Waals surface area contributed by atoms with E-state index in [0.29, 0.717) is 13.2 Å². The Morgan fingerprint density at radius 2 is 2.35 bits per heavy atom. The van der Waals surface area contributed by atoms with Crippen LogP contribution in [0.1, 0.15) is 23.2 Å². The van der Waals surface area contributed by atoms with E-state index in [9.17, 15) is 13.6 Å². The molecule has 0 aliphatic carbocycles. The van der Waals surface area contributed by atoms with E-state index in [1.54, 1.807) is 0 Å². The maximum Gasteiger partial charge on any atom is 0.254 e. The fourth-order valence-corrected chi connectivity index (χ4v) is 1.71. The van der Waals surface area contributed by atoms with Crippen LogP contribution in [0.15, 0.2) is 12.3 Å². The number of aromatic nitrogens is 1. The zero-order chi connectivity index (χ0) is 12.3. The molecule has 92 valence electrons. The second-order valence-electron chi connectivity index (χ2n) is 3.85. The van der Waals surface area contributed by atoms with Crippen LogP contribution in [0.5, 0.6) is 0 Å². The molecule has 0 saturated carbocycles. The van der Waals surface area contributed by atoms with E-state index in [-0.39, 0.29) is 11.6 Å². The predicted molar refractivity (Wildman–Crippen MR) is 55.5 cm³/mol. The quantitative estimate of drug-likeness (QED) is 0.794. The molecule has 1 aliphatic heterocycles. The monoisotopic (exact) mass is 242 g/mol. The van der Waals surface area contributed by atoms with Gasteiger partial charge in [-0.15, -0.1) is 0 Å². The van der Waals surface area contributed by atoms with Crippen molar-refractivity contribution in [3.8, 4) is 0 Å². The highest BCUT2D eigenvalue weighted by molar-refractivity contribution is 5.94. The summed E-state index contributed by atoms with van der Waals surface area (Å²) in [5.74, 6) is -3.13. The molecule has 0 aromatic carbocycles. The van der Waals surface area contributed by atoms with Gasteiger partial charge >= 0.3 is 0 Å². The average molecular weight is 242 g/mol. The third-order valence-corrected chi connectivity index (χ3v) is 2.59. The van der Waals surface area contributed by atoms with Crippen molar-refractivity contribution in [2.45, 2.75) is 18.9 Å². The molecule has 1 aliphatic rings. The number of ether oxygens (including phenoxy) is 1. The van der Waals surface area contributed by atoms with Crippen molar-refractivity contribution in [1.82, 2.24) is 10.3 Å². The molecule has 17 heavy (non-hydrogen) atoms. The average Bonchev–Trinajstić information content (AvgIpc) is 2.34. The second kappa shape index (κ2) is 5.18. The fourth-order valence-electron chi connectivity index (χ4n) is 1.71. The van der Waals surface area contributed by atoms with Crippen molar-refractivity contribution in [1.29, 1.82) is 0 Å². The highest BCUT2D eigenvalue weighted by Crippen LogP contribution is 2.11. The van der Waals surface area contributed by atoms with E-state index in [2.05, 4.69) is 10.3 Å². The van der Waals surface area contributed by atoms with Gasteiger partial charge in [0.1, 0.15) is 0 Å². The summed E-state index contributed by atoms with van der Waals surface area (Å²) in [7, 11) is 0. The molecule has 4 nitrogen and oxygen atoms in total. The second-order valence-corrected chi connectivity index (χ2v) is 3.85. The molecular formula is C11H12F2N2O2. The van der Waals surface area contributed by atoms with Crippen LogP contribution < -0.4 is 5.32 Å². The molecule has 1 atom stereocenters. The topological polar surface area (TPSA) is 51.2 Å². The summed E-state index contributed by atoms with van der Waals surface area (Å²) in [4.78, 5) is 14.8. The number of hydrogen-bond donors (Lipinski definition) is 1. The number of amides is 1. The molecule has 0 bridgehead atoms. The molecule has 1 amide bonds. The molecule has 6 heteroatoms. The van der Waals surface area contributed by atoms with Gasteiger partial charge in [0.2, 0.25) is 5.95 Å². The first-order chi connectivity index (χ1) is 8.18. The van der Waals surface area contributed by atoms with E-state index in [0.717, 1.165) is 25.1 Å². The first kappa shape index (κ1) is 11.9. The lowest BCUT2D eigenvalue weighted by Gasteiger charge is -2.23. The Bertz CT molecular complexity index is 420. The SMILES string of the molecule is O=C(NC1CCCOC1)c1ccnc(F)c1F. The van der Waals surface area contributed by atoms with Crippen LogP contribution in [0.25, 0.3) is 0 Å². The van der Waals surface area contributed by atoms with E-state index in [1.165, 1.54) is 0 Å². The minimum absolute atomic E-state index is 0.146. The van der Waals surface area contributed by atoms with Gasteiger partial charge in [-0.05, 0) is 18.9 Å². The highest BCUT2D eigenvalue weighted by Gasteiger charge is 2.20. The number of halogens is 2. The van der Waals surface area contributed by atoms with Gasteiger partial charge < -0.3 is 10.1 Å². The largest absolute Gasteiger partial charge is 0.379 e. The first-order valence-electron chi connectivity index (χ1n) is 5.37. The van der Waals surface area contributed by atoms with Crippen molar-refractivity contribution in [2.75, 3.05) is 13.2 Å². The van der Waals surface area contributed by atoms with Crippen LogP contribution in [-0.2, 0) is 4.74 Å².